The summed E-state index contributed by atoms with van der Waals surface area (Å²) in [6.45, 7) is 9.65. The molecule has 152 valence electrons. The lowest BCUT2D eigenvalue weighted by molar-refractivity contribution is -0.147. The maximum Gasteiger partial charge on any atom is 0.336 e. The van der Waals surface area contributed by atoms with Crippen molar-refractivity contribution in [3.05, 3.63) is 47.3 Å². The molecule has 0 aromatic heterocycles. The number of methoxy groups -OCH3 is 2. The molecule has 1 N–H and O–H groups in total. The second-order valence-corrected chi connectivity index (χ2v) is 6.23. The molecule has 7 nitrogen and oxygen atoms in total. The molecular weight excluding hydrogens is 362 g/mol. The second kappa shape index (κ2) is 9.30. The normalized spacial score (nSPS) is 19.0. The maximum atomic E-state index is 12.7. The summed E-state index contributed by atoms with van der Waals surface area (Å²) in [5.41, 5.74) is 2.10. The van der Waals surface area contributed by atoms with Gasteiger partial charge in [-0.1, -0.05) is 12.6 Å². The SMILES string of the molecule is C=C1NC(C)=C(C(=O)OCC)C(c2ccc(OC)c(OC)c2)C1C(=O)OCC. The zero-order chi connectivity index (χ0) is 20.8. The molecule has 1 aromatic rings. The molecule has 7 heteroatoms. The van der Waals surface area contributed by atoms with E-state index in [0.717, 1.165) is 0 Å². The van der Waals surface area contributed by atoms with E-state index in [1.54, 1.807) is 46.1 Å². The number of nitrogens with one attached hydrogen (secondary N) is 1. The van der Waals surface area contributed by atoms with Gasteiger partial charge in [-0.2, -0.15) is 0 Å². The number of allylic oxidation sites excluding steroid dienone is 1. The van der Waals surface area contributed by atoms with Crippen LogP contribution < -0.4 is 14.8 Å². The standard InChI is InChI=1S/C21H27NO6/c1-7-27-20(23)17-12(3)22-13(4)18(21(24)28-8-2)19(17)14-9-10-15(25-5)16(11-14)26-6/h9-11,17,19,22H,3,7-8H2,1-2,4-6H3. The third-order valence-electron chi connectivity index (χ3n) is 4.57. The lowest BCUT2D eigenvalue weighted by Gasteiger charge is -2.35. The van der Waals surface area contributed by atoms with Crippen molar-refractivity contribution in [2.75, 3.05) is 27.4 Å². The van der Waals surface area contributed by atoms with Gasteiger partial charge < -0.3 is 24.3 Å². The van der Waals surface area contributed by atoms with Gasteiger partial charge in [0.15, 0.2) is 11.5 Å². The van der Waals surface area contributed by atoms with Crippen molar-refractivity contribution in [2.45, 2.75) is 26.7 Å². The summed E-state index contributed by atoms with van der Waals surface area (Å²) in [5.74, 6) is -1.34. The lowest BCUT2D eigenvalue weighted by atomic mass is 9.75. The summed E-state index contributed by atoms with van der Waals surface area (Å²) < 4.78 is 21.2. The fourth-order valence-electron chi connectivity index (χ4n) is 3.39. The molecule has 0 fully saturated rings. The van der Waals surface area contributed by atoms with Crippen molar-refractivity contribution < 1.29 is 28.5 Å². The van der Waals surface area contributed by atoms with Crippen molar-refractivity contribution in [3.63, 3.8) is 0 Å². The van der Waals surface area contributed by atoms with E-state index < -0.39 is 23.8 Å². The van der Waals surface area contributed by atoms with Crippen molar-refractivity contribution in [1.82, 2.24) is 5.32 Å². The first-order valence-corrected chi connectivity index (χ1v) is 9.11. The summed E-state index contributed by atoms with van der Waals surface area (Å²) in [6, 6.07) is 5.28. The molecule has 0 spiro atoms. The third-order valence-corrected chi connectivity index (χ3v) is 4.57. The first kappa shape index (κ1) is 21.3. The molecule has 1 aliphatic rings. The summed E-state index contributed by atoms with van der Waals surface area (Å²) in [5, 5.41) is 3.04. The molecule has 0 aliphatic carbocycles. The largest absolute Gasteiger partial charge is 0.493 e. The fraction of sp³-hybridized carbons (Fsp3) is 0.429. The summed E-state index contributed by atoms with van der Waals surface area (Å²) in [7, 11) is 3.07. The van der Waals surface area contributed by atoms with Gasteiger partial charge >= 0.3 is 11.9 Å². The smallest absolute Gasteiger partial charge is 0.336 e. The molecule has 2 atom stereocenters. The topological polar surface area (TPSA) is 83.1 Å². The van der Waals surface area contributed by atoms with Crippen LogP contribution in [0.1, 0.15) is 32.3 Å². The molecule has 1 aliphatic heterocycles. The lowest BCUT2D eigenvalue weighted by Crippen LogP contribution is -2.39. The average Bonchev–Trinajstić information content (AvgIpc) is 2.66. The molecule has 2 unspecified atom stereocenters. The number of hydrogen-bond acceptors (Lipinski definition) is 7. The molecular formula is C21H27NO6. The first-order valence-electron chi connectivity index (χ1n) is 9.11. The van der Waals surface area contributed by atoms with Crippen LogP contribution in [0, 0.1) is 5.92 Å². The van der Waals surface area contributed by atoms with Gasteiger partial charge in [-0.3, -0.25) is 4.79 Å². The number of carbonyl (C=O) groups excluding carboxylic acids is 2. The van der Waals surface area contributed by atoms with Crippen LogP contribution in [0.3, 0.4) is 0 Å². The minimum absolute atomic E-state index is 0.221. The molecule has 0 saturated heterocycles. The summed E-state index contributed by atoms with van der Waals surface area (Å²) in [6.07, 6.45) is 0. The van der Waals surface area contributed by atoms with E-state index in [1.165, 1.54) is 7.11 Å². The zero-order valence-electron chi connectivity index (χ0n) is 17.0. The Balaban J connectivity index is 2.67. The Morgan fingerprint density at radius 2 is 1.71 bits per heavy atom. The molecule has 0 saturated carbocycles. The van der Waals surface area contributed by atoms with E-state index in [9.17, 15) is 9.59 Å². The number of esters is 2. The Morgan fingerprint density at radius 1 is 1.07 bits per heavy atom. The van der Waals surface area contributed by atoms with Crippen LogP contribution in [-0.4, -0.2) is 39.4 Å². The Morgan fingerprint density at radius 3 is 2.29 bits per heavy atom. The van der Waals surface area contributed by atoms with Gasteiger partial charge in [-0.25, -0.2) is 4.79 Å². The average molecular weight is 389 g/mol. The minimum atomic E-state index is -0.791. The summed E-state index contributed by atoms with van der Waals surface area (Å²) >= 11 is 0. The highest BCUT2D eigenvalue weighted by atomic mass is 16.5. The number of ether oxygens (including phenoxy) is 4. The predicted molar refractivity (Wildman–Crippen MR) is 104 cm³/mol. The monoisotopic (exact) mass is 389 g/mol. The Hall–Kier alpha value is -2.96. The Labute approximate surface area is 165 Å². The van der Waals surface area contributed by atoms with E-state index in [1.807, 2.05) is 0 Å². The van der Waals surface area contributed by atoms with Crippen LogP contribution >= 0.6 is 0 Å². The van der Waals surface area contributed by atoms with Crippen molar-refractivity contribution >= 4 is 11.9 Å². The van der Waals surface area contributed by atoms with Crippen LogP contribution in [0.5, 0.6) is 11.5 Å². The van der Waals surface area contributed by atoms with E-state index in [-0.39, 0.29) is 13.2 Å². The van der Waals surface area contributed by atoms with Crippen molar-refractivity contribution in [1.29, 1.82) is 0 Å². The van der Waals surface area contributed by atoms with E-state index >= 15 is 0 Å². The van der Waals surface area contributed by atoms with Crippen LogP contribution in [0.15, 0.2) is 41.7 Å². The highest BCUT2D eigenvalue weighted by molar-refractivity contribution is 5.94. The van der Waals surface area contributed by atoms with Gasteiger partial charge in [0.25, 0.3) is 0 Å². The Bertz CT molecular complexity index is 798. The van der Waals surface area contributed by atoms with Gasteiger partial charge in [-0.15, -0.1) is 0 Å². The fourth-order valence-corrected chi connectivity index (χ4v) is 3.39. The van der Waals surface area contributed by atoms with E-state index in [0.29, 0.717) is 34.0 Å². The van der Waals surface area contributed by atoms with Crippen LogP contribution in [0.25, 0.3) is 0 Å². The second-order valence-electron chi connectivity index (χ2n) is 6.23. The number of rotatable bonds is 7. The molecule has 0 amide bonds. The zero-order valence-corrected chi connectivity index (χ0v) is 17.0. The molecule has 0 radical (unpaired) electrons. The van der Waals surface area contributed by atoms with Gasteiger partial charge in [-0.05, 0) is 38.5 Å². The van der Waals surface area contributed by atoms with Crippen LogP contribution in [-0.2, 0) is 19.1 Å². The van der Waals surface area contributed by atoms with Gasteiger partial charge in [0.2, 0.25) is 0 Å². The summed E-state index contributed by atoms with van der Waals surface area (Å²) in [4.78, 5) is 25.5. The predicted octanol–water partition coefficient (Wildman–Crippen LogP) is 2.92. The molecule has 1 aromatic carbocycles. The highest BCUT2D eigenvalue weighted by Crippen LogP contribution is 2.43. The molecule has 1 heterocycles. The Kier molecular flexibility index (Phi) is 7.09. The van der Waals surface area contributed by atoms with Crippen LogP contribution in [0.2, 0.25) is 0 Å². The highest BCUT2D eigenvalue weighted by Gasteiger charge is 2.43. The quantitative estimate of drug-likeness (QED) is 0.718. The molecule has 2 rings (SSSR count). The van der Waals surface area contributed by atoms with Crippen molar-refractivity contribution in [2.24, 2.45) is 5.92 Å². The maximum absolute atomic E-state index is 12.7. The van der Waals surface area contributed by atoms with Gasteiger partial charge in [0.05, 0.1) is 33.0 Å². The van der Waals surface area contributed by atoms with Crippen molar-refractivity contribution in [3.8, 4) is 11.5 Å². The first-order chi connectivity index (χ1) is 13.4. The number of benzene rings is 1. The van der Waals surface area contributed by atoms with Crippen LogP contribution in [0.4, 0.5) is 0 Å². The molecule has 28 heavy (non-hydrogen) atoms. The van der Waals surface area contributed by atoms with Gasteiger partial charge in [0, 0.05) is 17.3 Å². The van der Waals surface area contributed by atoms with E-state index in [4.69, 9.17) is 18.9 Å². The third kappa shape index (κ3) is 4.13. The number of hydrogen-bond donors (Lipinski definition) is 1. The molecule has 0 bridgehead atoms. The minimum Gasteiger partial charge on any atom is -0.493 e. The van der Waals surface area contributed by atoms with Gasteiger partial charge in [0.1, 0.15) is 5.92 Å². The van der Waals surface area contributed by atoms with E-state index in [2.05, 4.69) is 11.9 Å². The number of carbonyl (C=O) groups is 2.